The second kappa shape index (κ2) is 9.09. The number of rotatable bonds is 6. The number of likely N-dealkylation sites (tertiary alicyclic amines) is 1. The Balaban J connectivity index is 1.44. The van der Waals surface area contributed by atoms with Crippen molar-refractivity contribution in [3.8, 4) is 0 Å². The number of carbonyl (C=O) groups is 2. The van der Waals surface area contributed by atoms with Crippen molar-refractivity contribution in [2.45, 2.75) is 37.8 Å². The number of hydrogen-bond donors (Lipinski definition) is 2. The van der Waals surface area contributed by atoms with Gasteiger partial charge in [-0.25, -0.2) is 0 Å². The number of fused-ring (bicyclic) bond motifs is 4. The third-order valence-corrected chi connectivity index (χ3v) is 6.70. The summed E-state index contributed by atoms with van der Waals surface area (Å²) in [6, 6.07) is 10.1. The Bertz CT molecular complexity index is 749. The first kappa shape index (κ1) is 20.1. The van der Waals surface area contributed by atoms with Crippen molar-refractivity contribution in [2.24, 2.45) is 11.8 Å². The van der Waals surface area contributed by atoms with Crippen LogP contribution in [0, 0.1) is 11.8 Å². The molecule has 1 aromatic carbocycles. The third kappa shape index (κ3) is 4.54. The summed E-state index contributed by atoms with van der Waals surface area (Å²) in [5.41, 5.74) is 0.987. The monoisotopic (exact) mass is 397 g/mol. The standard InChI is InChI=1S/C23H31N3O3/c27-12-11-25-15-18-13-19(16-25)21(26-20(18)7-4-8-23(26)29)14-24-22(28)10-9-17-5-2-1-3-6-17/h1-3,5-6,9-10,18-21,27H,4,7-8,11-16H2,(H,24,28)/b10-9+/t18-,19+,20+,21+/m1/s1. The molecule has 0 spiro atoms. The molecule has 0 unspecified atom stereocenters. The molecule has 3 fully saturated rings. The largest absolute Gasteiger partial charge is 0.395 e. The second-order valence-corrected chi connectivity index (χ2v) is 8.56. The van der Waals surface area contributed by atoms with Crippen LogP contribution in [-0.4, -0.2) is 71.6 Å². The fourth-order valence-corrected chi connectivity index (χ4v) is 5.46. The van der Waals surface area contributed by atoms with Crippen LogP contribution in [0.5, 0.6) is 0 Å². The zero-order valence-electron chi connectivity index (χ0n) is 16.9. The van der Waals surface area contributed by atoms with Crippen molar-refractivity contribution in [1.82, 2.24) is 15.1 Å². The van der Waals surface area contributed by atoms with Crippen LogP contribution >= 0.6 is 0 Å². The van der Waals surface area contributed by atoms with Gasteiger partial charge in [0.15, 0.2) is 0 Å². The molecular formula is C23H31N3O3. The number of aliphatic hydroxyl groups excluding tert-OH is 1. The number of nitrogens with one attached hydrogen (secondary N) is 1. The van der Waals surface area contributed by atoms with E-state index in [0.29, 0.717) is 31.3 Å². The van der Waals surface area contributed by atoms with E-state index in [2.05, 4.69) is 15.1 Å². The predicted molar refractivity (Wildman–Crippen MR) is 112 cm³/mol. The summed E-state index contributed by atoms with van der Waals surface area (Å²) in [5.74, 6) is 0.942. The van der Waals surface area contributed by atoms with Gasteiger partial charge in [-0.3, -0.25) is 9.59 Å². The Morgan fingerprint density at radius 3 is 2.79 bits per heavy atom. The minimum Gasteiger partial charge on any atom is -0.395 e. The van der Waals surface area contributed by atoms with E-state index in [9.17, 15) is 14.7 Å². The van der Waals surface area contributed by atoms with Crippen molar-refractivity contribution in [3.63, 3.8) is 0 Å². The van der Waals surface area contributed by atoms with Crippen LogP contribution < -0.4 is 5.32 Å². The highest BCUT2D eigenvalue weighted by Gasteiger charge is 2.49. The van der Waals surface area contributed by atoms with Gasteiger partial charge in [0.1, 0.15) is 0 Å². The molecule has 0 saturated carbocycles. The summed E-state index contributed by atoms with van der Waals surface area (Å²) in [7, 11) is 0. The molecule has 4 atom stereocenters. The number of hydrogen-bond acceptors (Lipinski definition) is 4. The van der Waals surface area contributed by atoms with E-state index < -0.39 is 0 Å². The van der Waals surface area contributed by atoms with Crippen LogP contribution in [0.25, 0.3) is 6.08 Å². The summed E-state index contributed by atoms with van der Waals surface area (Å²) in [4.78, 5) is 29.6. The van der Waals surface area contributed by atoms with Gasteiger partial charge in [-0.1, -0.05) is 30.3 Å². The molecule has 3 aliphatic rings. The summed E-state index contributed by atoms with van der Waals surface area (Å²) in [6.07, 6.45) is 7.11. The highest BCUT2D eigenvalue weighted by Crippen LogP contribution is 2.41. The van der Waals surface area contributed by atoms with Crippen LogP contribution in [-0.2, 0) is 9.59 Å². The molecule has 0 aromatic heterocycles. The minimum atomic E-state index is -0.125. The Morgan fingerprint density at radius 2 is 2.00 bits per heavy atom. The second-order valence-electron chi connectivity index (χ2n) is 8.56. The zero-order valence-corrected chi connectivity index (χ0v) is 16.9. The van der Waals surface area contributed by atoms with Gasteiger partial charge >= 0.3 is 0 Å². The first-order valence-corrected chi connectivity index (χ1v) is 10.8. The molecule has 2 bridgehead atoms. The number of piperidine rings is 3. The zero-order chi connectivity index (χ0) is 20.2. The first-order chi connectivity index (χ1) is 14.2. The van der Waals surface area contributed by atoms with E-state index in [1.807, 2.05) is 36.4 Å². The van der Waals surface area contributed by atoms with Gasteiger partial charge in [0.05, 0.1) is 12.6 Å². The average molecular weight is 398 g/mol. The van der Waals surface area contributed by atoms with E-state index in [-0.39, 0.29) is 30.5 Å². The molecule has 156 valence electrons. The van der Waals surface area contributed by atoms with Crippen molar-refractivity contribution in [2.75, 3.05) is 32.8 Å². The van der Waals surface area contributed by atoms with Crippen LogP contribution in [0.3, 0.4) is 0 Å². The van der Waals surface area contributed by atoms with Gasteiger partial charge in [0, 0.05) is 44.7 Å². The van der Waals surface area contributed by atoms with E-state index in [1.54, 1.807) is 6.08 Å². The van der Waals surface area contributed by atoms with Gasteiger partial charge in [0.25, 0.3) is 0 Å². The van der Waals surface area contributed by atoms with Gasteiger partial charge in [-0.05, 0) is 42.7 Å². The van der Waals surface area contributed by atoms with Crippen molar-refractivity contribution in [1.29, 1.82) is 0 Å². The molecule has 0 radical (unpaired) electrons. The van der Waals surface area contributed by atoms with Crippen LogP contribution in [0.2, 0.25) is 0 Å². The summed E-state index contributed by atoms with van der Waals surface area (Å²) in [5, 5.41) is 12.4. The lowest BCUT2D eigenvalue weighted by molar-refractivity contribution is -0.153. The first-order valence-electron chi connectivity index (χ1n) is 10.8. The molecule has 3 heterocycles. The van der Waals surface area contributed by atoms with Gasteiger partial charge in [0.2, 0.25) is 11.8 Å². The average Bonchev–Trinajstić information content (AvgIpc) is 2.73. The van der Waals surface area contributed by atoms with Crippen molar-refractivity contribution < 1.29 is 14.7 Å². The summed E-state index contributed by atoms with van der Waals surface area (Å²) < 4.78 is 0. The maximum absolute atomic E-state index is 12.8. The minimum absolute atomic E-state index is 0.0413. The molecule has 3 aliphatic heterocycles. The fourth-order valence-electron chi connectivity index (χ4n) is 5.46. The Kier molecular flexibility index (Phi) is 6.31. The molecular weight excluding hydrogens is 366 g/mol. The number of amides is 2. The maximum atomic E-state index is 12.8. The van der Waals surface area contributed by atoms with Crippen molar-refractivity contribution in [3.05, 3.63) is 42.0 Å². The van der Waals surface area contributed by atoms with Crippen LogP contribution in [0.4, 0.5) is 0 Å². The Labute approximate surface area is 172 Å². The number of nitrogens with zero attached hydrogens (tertiary/aromatic N) is 2. The topological polar surface area (TPSA) is 72.9 Å². The van der Waals surface area contributed by atoms with Crippen LogP contribution in [0.1, 0.15) is 31.2 Å². The van der Waals surface area contributed by atoms with Gasteiger partial charge < -0.3 is 20.2 Å². The lowest BCUT2D eigenvalue weighted by atomic mass is 9.72. The molecule has 4 rings (SSSR count). The number of aliphatic hydroxyl groups is 1. The number of benzene rings is 1. The Morgan fingerprint density at radius 1 is 1.21 bits per heavy atom. The van der Waals surface area contributed by atoms with Crippen LogP contribution in [0.15, 0.2) is 36.4 Å². The molecule has 3 saturated heterocycles. The normalized spacial score (nSPS) is 29.7. The molecule has 0 aliphatic carbocycles. The van der Waals surface area contributed by atoms with E-state index in [0.717, 1.165) is 37.9 Å². The smallest absolute Gasteiger partial charge is 0.244 e. The fraction of sp³-hybridized carbons (Fsp3) is 0.565. The summed E-state index contributed by atoms with van der Waals surface area (Å²) >= 11 is 0. The number of carbonyl (C=O) groups excluding carboxylic acids is 2. The molecule has 6 heteroatoms. The van der Waals surface area contributed by atoms with Gasteiger partial charge in [-0.2, -0.15) is 0 Å². The quantitative estimate of drug-likeness (QED) is 0.714. The summed E-state index contributed by atoms with van der Waals surface area (Å²) in [6.45, 7) is 3.19. The van der Waals surface area contributed by atoms with E-state index in [4.69, 9.17) is 0 Å². The molecule has 1 aromatic rings. The highest BCUT2D eigenvalue weighted by atomic mass is 16.3. The predicted octanol–water partition coefficient (Wildman–Crippen LogP) is 1.51. The molecule has 2 amide bonds. The molecule has 29 heavy (non-hydrogen) atoms. The van der Waals surface area contributed by atoms with E-state index >= 15 is 0 Å². The lowest BCUT2D eigenvalue weighted by Crippen LogP contribution is -2.67. The lowest BCUT2D eigenvalue weighted by Gasteiger charge is -2.56. The molecule has 2 N–H and O–H groups in total. The highest BCUT2D eigenvalue weighted by molar-refractivity contribution is 5.91. The number of β-amino-alcohol motifs (C(OH)–C–C–N with tert-alkyl or cyclic N) is 1. The van der Waals surface area contributed by atoms with E-state index in [1.165, 1.54) is 0 Å². The Hall–Kier alpha value is -2.18. The maximum Gasteiger partial charge on any atom is 0.244 e. The molecule has 6 nitrogen and oxygen atoms in total. The van der Waals surface area contributed by atoms with Crippen molar-refractivity contribution >= 4 is 17.9 Å². The SMILES string of the molecule is O=C(/C=C/c1ccccc1)NC[C@H]1[C@H]2C[C@H](CN(CCO)C2)[C@@H]2CCCC(=O)N21. The third-order valence-electron chi connectivity index (χ3n) is 6.70. The van der Waals surface area contributed by atoms with Gasteiger partial charge in [-0.15, -0.1) is 0 Å².